The molecule has 1 heteroatoms. The molecule has 0 saturated heterocycles. The lowest BCUT2D eigenvalue weighted by Gasteiger charge is -2.19. The minimum Gasteiger partial charge on any atom is -0.0888 e. The fourth-order valence-corrected chi connectivity index (χ4v) is 2.41. The van der Waals surface area contributed by atoms with Crippen molar-refractivity contribution in [1.82, 2.24) is 0 Å². The fraction of sp³-hybridized carbons (Fsp3) is 0.900. The van der Waals surface area contributed by atoms with E-state index in [2.05, 4.69) is 43.1 Å². The number of hydrogen-bond donors (Lipinski definition) is 0. The van der Waals surface area contributed by atoms with E-state index in [0.29, 0.717) is 4.83 Å². The molecule has 0 bridgehead atoms. The monoisotopic (exact) mass is 219 g/mol. The van der Waals surface area contributed by atoms with E-state index in [9.17, 15) is 0 Å². The summed E-state index contributed by atoms with van der Waals surface area (Å²) in [5.41, 5.74) is 0. The number of rotatable bonds is 6. The van der Waals surface area contributed by atoms with Gasteiger partial charge in [0.2, 0.25) is 0 Å². The zero-order valence-electron chi connectivity index (χ0n) is 7.94. The van der Waals surface area contributed by atoms with Crippen molar-refractivity contribution in [3.63, 3.8) is 0 Å². The van der Waals surface area contributed by atoms with Crippen LogP contribution in [-0.4, -0.2) is 4.83 Å². The lowest BCUT2D eigenvalue weighted by Crippen LogP contribution is -2.13. The van der Waals surface area contributed by atoms with Crippen LogP contribution in [0, 0.1) is 12.3 Å². The Kier molecular flexibility index (Phi) is 7.46. The molecular formula is C10H20Br. The number of alkyl halides is 1. The molecule has 0 rings (SSSR count). The van der Waals surface area contributed by atoms with Gasteiger partial charge in [0.05, 0.1) is 0 Å². The summed E-state index contributed by atoms with van der Waals surface area (Å²) in [6, 6.07) is 0. The summed E-state index contributed by atoms with van der Waals surface area (Å²) in [6.45, 7) is 6.72. The zero-order chi connectivity index (χ0) is 8.69. The highest BCUT2D eigenvalue weighted by Gasteiger charge is 2.14. The van der Waals surface area contributed by atoms with Gasteiger partial charge in [0, 0.05) is 4.83 Å². The smallest absolute Gasteiger partial charge is 0.0176 e. The molecular weight excluding hydrogens is 200 g/mol. The number of halogens is 1. The molecule has 0 amide bonds. The Hall–Kier alpha value is 0.480. The van der Waals surface area contributed by atoms with E-state index in [0.717, 1.165) is 5.92 Å². The van der Waals surface area contributed by atoms with Gasteiger partial charge in [-0.2, -0.15) is 0 Å². The maximum atomic E-state index is 3.73. The van der Waals surface area contributed by atoms with E-state index in [1.54, 1.807) is 0 Å². The van der Waals surface area contributed by atoms with Crippen LogP contribution in [0.1, 0.15) is 46.5 Å². The molecule has 0 spiro atoms. The Morgan fingerprint density at radius 3 is 2.27 bits per heavy atom. The predicted molar refractivity (Wildman–Crippen MR) is 56.0 cm³/mol. The Balaban J connectivity index is 3.61. The third-order valence-electron chi connectivity index (χ3n) is 2.04. The van der Waals surface area contributed by atoms with E-state index in [4.69, 9.17) is 0 Å². The quantitative estimate of drug-likeness (QED) is 0.589. The van der Waals surface area contributed by atoms with E-state index in [1.165, 1.54) is 25.7 Å². The first-order chi connectivity index (χ1) is 5.26. The summed E-state index contributed by atoms with van der Waals surface area (Å²) < 4.78 is 0. The summed E-state index contributed by atoms with van der Waals surface area (Å²) in [5, 5.41) is 0. The van der Waals surface area contributed by atoms with Gasteiger partial charge in [0.1, 0.15) is 0 Å². The molecule has 0 heterocycles. The van der Waals surface area contributed by atoms with Crippen LogP contribution >= 0.6 is 15.9 Å². The molecule has 0 aliphatic rings. The van der Waals surface area contributed by atoms with Crippen LogP contribution in [-0.2, 0) is 0 Å². The summed E-state index contributed by atoms with van der Waals surface area (Å²) in [6.07, 6.45) is 7.47. The third kappa shape index (κ3) is 4.84. The summed E-state index contributed by atoms with van der Waals surface area (Å²) in [4.78, 5) is 0.706. The molecule has 0 saturated carbocycles. The Morgan fingerprint density at radius 1 is 1.27 bits per heavy atom. The molecule has 0 nitrogen and oxygen atoms in total. The molecule has 11 heavy (non-hydrogen) atoms. The van der Waals surface area contributed by atoms with Gasteiger partial charge in [-0.15, -0.1) is 0 Å². The van der Waals surface area contributed by atoms with Crippen molar-refractivity contribution in [3.05, 3.63) is 6.42 Å². The topological polar surface area (TPSA) is 0 Å². The second-order valence-electron chi connectivity index (χ2n) is 3.02. The Bertz CT molecular complexity index is 80.9. The first kappa shape index (κ1) is 11.5. The first-order valence-electron chi connectivity index (χ1n) is 4.73. The van der Waals surface area contributed by atoms with Gasteiger partial charge in [-0.05, 0) is 18.8 Å². The van der Waals surface area contributed by atoms with Gasteiger partial charge in [-0.25, -0.2) is 0 Å². The normalized spacial score (nSPS) is 16.4. The van der Waals surface area contributed by atoms with Crippen molar-refractivity contribution >= 4 is 15.9 Å². The van der Waals surface area contributed by atoms with E-state index >= 15 is 0 Å². The van der Waals surface area contributed by atoms with Gasteiger partial charge in [-0.1, -0.05) is 56.0 Å². The summed E-state index contributed by atoms with van der Waals surface area (Å²) >= 11 is 3.73. The molecule has 1 radical (unpaired) electrons. The van der Waals surface area contributed by atoms with Gasteiger partial charge >= 0.3 is 0 Å². The van der Waals surface area contributed by atoms with Crippen LogP contribution in [0.15, 0.2) is 0 Å². The van der Waals surface area contributed by atoms with E-state index in [-0.39, 0.29) is 0 Å². The average molecular weight is 220 g/mol. The summed E-state index contributed by atoms with van der Waals surface area (Å²) in [5.74, 6) is 0.778. The van der Waals surface area contributed by atoms with Gasteiger partial charge < -0.3 is 0 Å². The molecule has 0 aliphatic carbocycles. The first-order valence-corrected chi connectivity index (χ1v) is 5.65. The lowest BCUT2D eigenvalue weighted by atomic mass is 9.95. The minimum absolute atomic E-state index is 0.706. The van der Waals surface area contributed by atoms with Crippen molar-refractivity contribution in [2.45, 2.75) is 51.3 Å². The highest BCUT2D eigenvalue weighted by Crippen LogP contribution is 2.24. The largest absolute Gasteiger partial charge is 0.0888 e. The van der Waals surface area contributed by atoms with Gasteiger partial charge in [0.25, 0.3) is 0 Å². The van der Waals surface area contributed by atoms with Crippen LogP contribution in [0.4, 0.5) is 0 Å². The maximum absolute atomic E-state index is 3.73. The van der Waals surface area contributed by atoms with Crippen molar-refractivity contribution in [2.75, 3.05) is 0 Å². The van der Waals surface area contributed by atoms with Crippen LogP contribution in [0.5, 0.6) is 0 Å². The van der Waals surface area contributed by atoms with Crippen molar-refractivity contribution in [1.29, 1.82) is 0 Å². The fourth-order valence-electron chi connectivity index (χ4n) is 1.36. The molecule has 0 N–H and O–H groups in total. The van der Waals surface area contributed by atoms with Crippen molar-refractivity contribution in [2.24, 2.45) is 5.92 Å². The molecule has 2 unspecified atom stereocenters. The Morgan fingerprint density at radius 2 is 1.91 bits per heavy atom. The number of hydrogen-bond acceptors (Lipinski definition) is 0. The molecule has 0 aromatic heterocycles. The highest BCUT2D eigenvalue weighted by atomic mass is 79.9. The molecule has 67 valence electrons. The van der Waals surface area contributed by atoms with Crippen LogP contribution in [0.25, 0.3) is 0 Å². The third-order valence-corrected chi connectivity index (χ3v) is 3.18. The SMILES string of the molecule is CC[CH]C(CC)C(Br)CCC. The van der Waals surface area contributed by atoms with Crippen LogP contribution < -0.4 is 0 Å². The van der Waals surface area contributed by atoms with E-state index < -0.39 is 0 Å². The van der Waals surface area contributed by atoms with Crippen molar-refractivity contribution < 1.29 is 0 Å². The lowest BCUT2D eigenvalue weighted by molar-refractivity contribution is 0.519. The molecule has 0 aromatic carbocycles. The standard InChI is InChI=1S/C10H20Br/c1-4-7-9(6-3)10(11)8-5-2/h7,9-10H,4-6,8H2,1-3H3. The average Bonchev–Trinajstić information content (AvgIpc) is 2.00. The van der Waals surface area contributed by atoms with Crippen LogP contribution in [0.2, 0.25) is 0 Å². The molecule has 0 aliphatic heterocycles. The molecule has 2 atom stereocenters. The maximum Gasteiger partial charge on any atom is 0.0176 e. The van der Waals surface area contributed by atoms with Crippen LogP contribution in [0.3, 0.4) is 0 Å². The minimum atomic E-state index is 0.706. The Labute approximate surface area is 79.9 Å². The second-order valence-corrected chi connectivity index (χ2v) is 4.20. The second kappa shape index (κ2) is 7.15. The molecule has 0 fully saturated rings. The highest BCUT2D eigenvalue weighted by molar-refractivity contribution is 9.09. The van der Waals surface area contributed by atoms with Crippen molar-refractivity contribution in [3.8, 4) is 0 Å². The van der Waals surface area contributed by atoms with E-state index in [1.807, 2.05) is 0 Å². The zero-order valence-corrected chi connectivity index (χ0v) is 9.52. The van der Waals surface area contributed by atoms with Gasteiger partial charge in [-0.3, -0.25) is 0 Å². The molecule has 0 aromatic rings. The summed E-state index contributed by atoms with van der Waals surface area (Å²) in [7, 11) is 0. The van der Waals surface area contributed by atoms with Gasteiger partial charge in [0.15, 0.2) is 0 Å². The predicted octanol–water partition coefficient (Wildman–Crippen LogP) is 4.19.